The number of carbonyl (C=O) groups is 1. The molecule has 1 amide bonds. The molecule has 5 rings (SSSR count). The first-order valence-electron chi connectivity index (χ1n) is 9.90. The maximum absolute atomic E-state index is 13.6. The maximum Gasteiger partial charge on any atom is 0.234 e. The monoisotopic (exact) mass is 399 g/mol. The summed E-state index contributed by atoms with van der Waals surface area (Å²) >= 11 is 0. The van der Waals surface area contributed by atoms with Gasteiger partial charge in [-0.25, -0.2) is 0 Å². The van der Waals surface area contributed by atoms with Crippen LogP contribution in [-0.2, 0) is 4.79 Å². The Labute approximate surface area is 172 Å². The van der Waals surface area contributed by atoms with Gasteiger partial charge in [-0.2, -0.15) is 0 Å². The SMILES string of the molecule is Cl.O=C(C1c2ccccc2Oc2ccccc21)N1CCC(N2CCNCC2)C1. The van der Waals surface area contributed by atoms with E-state index in [0.29, 0.717) is 6.04 Å². The number of piperazine rings is 1. The molecule has 2 aromatic rings. The zero-order valence-electron chi connectivity index (χ0n) is 15.8. The fraction of sp³-hybridized carbons (Fsp3) is 0.409. The Hall–Kier alpha value is -2.08. The van der Waals surface area contributed by atoms with E-state index in [-0.39, 0.29) is 24.2 Å². The van der Waals surface area contributed by atoms with Crippen LogP contribution in [-0.4, -0.2) is 61.0 Å². The third kappa shape index (κ3) is 3.39. The summed E-state index contributed by atoms with van der Waals surface area (Å²) in [6.45, 7) is 5.93. The van der Waals surface area contributed by atoms with E-state index in [1.807, 2.05) is 48.5 Å². The van der Waals surface area contributed by atoms with Gasteiger partial charge in [0.05, 0.1) is 5.92 Å². The first kappa shape index (κ1) is 19.2. The fourth-order valence-corrected chi connectivity index (χ4v) is 4.65. The molecule has 1 N–H and O–H groups in total. The lowest BCUT2D eigenvalue weighted by molar-refractivity contribution is -0.131. The predicted molar refractivity (Wildman–Crippen MR) is 111 cm³/mol. The van der Waals surface area contributed by atoms with E-state index in [4.69, 9.17) is 4.74 Å². The van der Waals surface area contributed by atoms with Crippen molar-refractivity contribution in [3.8, 4) is 11.5 Å². The largest absolute Gasteiger partial charge is 0.457 e. The lowest BCUT2D eigenvalue weighted by Gasteiger charge is -2.33. The van der Waals surface area contributed by atoms with Crippen LogP contribution >= 0.6 is 12.4 Å². The highest BCUT2D eigenvalue weighted by molar-refractivity contribution is 5.90. The van der Waals surface area contributed by atoms with Gasteiger partial charge in [0.15, 0.2) is 0 Å². The first-order chi connectivity index (χ1) is 13.3. The number of ether oxygens (including phenoxy) is 1. The van der Waals surface area contributed by atoms with E-state index in [0.717, 1.165) is 68.3 Å². The van der Waals surface area contributed by atoms with Crippen molar-refractivity contribution in [2.45, 2.75) is 18.4 Å². The molecule has 2 fully saturated rings. The van der Waals surface area contributed by atoms with Crippen molar-refractivity contribution in [3.05, 3.63) is 59.7 Å². The Bertz CT molecular complexity index is 808. The summed E-state index contributed by atoms with van der Waals surface area (Å²) in [7, 11) is 0. The molecule has 0 radical (unpaired) electrons. The molecule has 0 aliphatic carbocycles. The van der Waals surface area contributed by atoms with Crippen LogP contribution in [0.2, 0.25) is 0 Å². The normalized spacial score (nSPS) is 22.0. The van der Waals surface area contributed by atoms with E-state index in [9.17, 15) is 4.79 Å². The molecule has 1 unspecified atom stereocenters. The Balaban J connectivity index is 0.00000192. The van der Waals surface area contributed by atoms with E-state index in [1.54, 1.807) is 0 Å². The average molecular weight is 400 g/mol. The number of nitrogens with zero attached hydrogens (tertiary/aromatic N) is 2. The number of fused-ring (bicyclic) bond motifs is 2. The van der Waals surface area contributed by atoms with E-state index < -0.39 is 0 Å². The molecule has 5 nitrogen and oxygen atoms in total. The van der Waals surface area contributed by atoms with Crippen LogP contribution < -0.4 is 10.1 Å². The van der Waals surface area contributed by atoms with Crippen LogP contribution in [0.15, 0.2) is 48.5 Å². The molecular weight excluding hydrogens is 374 g/mol. The summed E-state index contributed by atoms with van der Waals surface area (Å²) in [4.78, 5) is 18.2. The van der Waals surface area contributed by atoms with Gasteiger partial charge in [0.25, 0.3) is 0 Å². The number of nitrogens with one attached hydrogen (secondary N) is 1. The molecule has 3 heterocycles. The van der Waals surface area contributed by atoms with Crippen molar-refractivity contribution in [2.24, 2.45) is 0 Å². The van der Waals surface area contributed by atoms with Gasteiger partial charge in [0.1, 0.15) is 11.5 Å². The minimum absolute atomic E-state index is 0. The Morgan fingerprint density at radius 2 is 1.54 bits per heavy atom. The van der Waals surface area contributed by atoms with Crippen LogP contribution in [0.5, 0.6) is 11.5 Å². The summed E-state index contributed by atoms with van der Waals surface area (Å²) < 4.78 is 6.05. The molecule has 3 aliphatic heterocycles. The van der Waals surface area contributed by atoms with Crippen molar-refractivity contribution in [2.75, 3.05) is 39.3 Å². The smallest absolute Gasteiger partial charge is 0.234 e. The van der Waals surface area contributed by atoms with E-state index in [2.05, 4.69) is 15.1 Å². The van der Waals surface area contributed by atoms with Gasteiger partial charge in [0, 0.05) is 56.4 Å². The lowest BCUT2D eigenvalue weighted by atomic mass is 9.87. The topological polar surface area (TPSA) is 44.8 Å². The lowest BCUT2D eigenvalue weighted by Crippen LogP contribution is -2.49. The molecule has 148 valence electrons. The third-order valence-corrected chi connectivity index (χ3v) is 6.07. The minimum atomic E-state index is -0.270. The number of hydrogen-bond acceptors (Lipinski definition) is 4. The first-order valence-corrected chi connectivity index (χ1v) is 9.90. The molecule has 0 spiro atoms. The zero-order valence-corrected chi connectivity index (χ0v) is 16.7. The molecule has 0 aromatic heterocycles. The van der Waals surface area contributed by atoms with Crippen molar-refractivity contribution in [1.82, 2.24) is 15.1 Å². The number of benzene rings is 2. The Morgan fingerprint density at radius 1 is 0.929 bits per heavy atom. The van der Waals surface area contributed by atoms with Crippen LogP contribution in [0.1, 0.15) is 23.5 Å². The molecule has 0 bridgehead atoms. The van der Waals surface area contributed by atoms with Gasteiger partial charge in [-0.05, 0) is 18.6 Å². The highest BCUT2D eigenvalue weighted by Gasteiger charge is 2.38. The Kier molecular flexibility index (Phi) is 5.58. The number of amides is 1. The molecule has 3 aliphatic rings. The molecule has 0 saturated carbocycles. The number of halogens is 1. The maximum atomic E-state index is 13.6. The van der Waals surface area contributed by atoms with Crippen molar-refractivity contribution in [1.29, 1.82) is 0 Å². The standard InChI is InChI=1S/C22H25N3O2.ClH/c26-22(25-12-9-16(15-25)24-13-10-23-11-14-24)21-17-5-1-3-7-19(17)27-20-8-4-2-6-18(20)21;/h1-8,16,21,23H,9-15H2;1H. The van der Waals surface area contributed by atoms with Gasteiger partial charge >= 0.3 is 0 Å². The molecule has 28 heavy (non-hydrogen) atoms. The average Bonchev–Trinajstić information content (AvgIpc) is 3.22. The molecule has 2 saturated heterocycles. The van der Waals surface area contributed by atoms with E-state index in [1.165, 1.54) is 0 Å². The van der Waals surface area contributed by atoms with Crippen LogP contribution in [0.25, 0.3) is 0 Å². The van der Waals surface area contributed by atoms with Gasteiger partial charge in [-0.1, -0.05) is 36.4 Å². The third-order valence-electron chi connectivity index (χ3n) is 6.07. The zero-order chi connectivity index (χ0) is 18.2. The molecule has 1 atom stereocenters. The second-order valence-corrected chi connectivity index (χ2v) is 7.62. The molecule has 6 heteroatoms. The van der Waals surface area contributed by atoms with Gasteiger partial charge in [0.2, 0.25) is 5.91 Å². The number of carbonyl (C=O) groups excluding carboxylic acids is 1. The quantitative estimate of drug-likeness (QED) is 0.843. The minimum Gasteiger partial charge on any atom is -0.457 e. The number of hydrogen-bond donors (Lipinski definition) is 1. The van der Waals surface area contributed by atoms with Crippen molar-refractivity contribution >= 4 is 18.3 Å². The Morgan fingerprint density at radius 3 is 2.18 bits per heavy atom. The summed E-state index contributed by atoms with van der Waals surface area (Å²) in [6, 6.07) is 16.4. The number of para-hydroxylation sites is 2. The highest BCUT2D eigenvalue weighted by Crippen LogP contribution is 2.45. The second kappa shape index (κ2) is 8.11. The summed E-state index contributed by atoms with van der Waals surface area (Å²) in [5.74, 6) is 1.53. The summed E-state index contributed by atoms with van der Waals surface area (Å²) in [5.41, 5.74) is 1.96. The number of likely N-dealkylation sites (tertiary alicyclic amines) is 1. The summed E-state index contributed by atoms with van der Waals surface area (Å²) in [6.07, 6.45) is 1.07. The molecular formula is C22H26ClN3O2. The predicted octanol–water partition coefficient (Wildman–Crippen LogP) is 2.85. The van der Waals surface area contributed by atoms with Crippen LogP contribution in [0.3, 0.4) is 0 Å². The number of rotatable bonds is 2. The van der Waals surface area contributed by atoms with Gasteiger partial charge < -0.3 is 15.0 Å². The van der Waals surface area contributed by atoms with Crippen LogP contribution in [0, 0.1) is 0 Å². The fourth-order valence-electron chi connectivity index (χ4n) is 4.65. The van der Waals surface area contributed by atoms with E-state index >= 15 is 0 Å². The van der Waals surface area contributed by atoms with Crippen LogP contribution in [0.4, 0.5) is 0 Å². The highest BCUT2D eigenvalue weighted by atomic mass is 35.5. The van der Waals surface area contributed by atoms with Gasteiger partial charge in [-0.3, -0.25) is 9.69 Å². The summed E-state index contributed by atoms with van der Waals surface area (Å²) in [5, 5.41) is 3.41. The van der Waals surface area contributed by atoms with Crippen molar-refractivity contribution < 1.29 is 9.53 Å². The van der Waals surface area contributed by atoms with Crippen molar-refractivity contribution in [3.63, 3.8) is 0 Å². The molecule has 2 aromatic carbocycles. The van der Waals surface area contributed by atoms with Gasteiger partial charge in [-0.15, -0.1) is 12.4 Å². The second-order valence-electron chi connectivity index (χ2n) is 7.62.